The number of aromatic nitrogens is 1. The summed E-state index contributed by atoms with van der Waals surface area (Å²) in [5, 5.41) is 2.26. The van der Waals surface area contributed by atoms with Crippen molar-refractivity contribution in [3.05, 3.63) is 54.6 Å². The van der Waals surface area contributed by atoms with Gasteiger partial charge < -0.3 is 4.57 Å². The van der Waals surface area contributed by atoms with Crippen LogP contribution in [-0.4, -0.2) is 16.4 Å². The fraction of sp³-hybridized carbons (Fsp3) is 0.304. The first-order valence-corrected chi connectivity index (χ1v) is 9.76. The monoisotopic (exact) mass is 356 g/mol. The molecule has 4 nitrogen and oxygen atoms in total. The molecule has 2 bridgehead atoms. The van der Waals surface area contributed by atoms with Crippen molar-refractivity contribution in [2.24, 2.45) is 23.7 Å². The van der Waals surface area contributed by atoms with Crippen LogP contribution in [0.5, 0.6) is 0 Å². The van der Waals surface area contributed by atoms with Gasteiger partial charge in [-0.25, -0.2) is 4.90 Å². The lowest BCUT2D eigenvalue weighted by molar-refractivity contribution is -0.123. The molecule has 27 heavy (non-hydrogen) atoms. The second kappa shape index (κ2) is 5.10. The molecule has 0 N–H and O–H groups in total. The van der Waals surface area contributed by atoms with E-state index in [4.69, 9.17) is 0 Å². The van der Waals surface area contributed by atoms with Gasteiger partial charge in [-0.15, -0.1) is 0 Å². The number of nitrogens with zero attached hydrogens (tertiary/aromatic N) is 2. The summed E-state index contributed by atoms with van der Waals surface area (Å²) in [6, 6.07) is 14.3. The predicted octanol–water partition coefficient (Wildman–Crippen LogP) is 4.13. The van der Waals surface area contributed by atoms with Crippen molar-refractivity contribution in [3.8, 4) is 0 Å². The van der Waals surface area contributed by atoms with Crippen LogP contribution in [0.3, 0.4) is 0 Å². The lowest BCUT2D eigenvalue weighted by Crippen LogP contribution is -2.32. The van der Waals surface area contributed by atoms with Gasteiger partial charge >= 0.3 is 0 Å². The number of fused-ring (bicyclic) bond motifs is 8. The highest BCUT2D eigenvalue weighted by Gasteiger charge is 2.59. The Bertz CT molecular complexity index is 1140. The Hall–Kier alpha value is -2.88. The molecule has 3 aliphatic rings. The Morgan fingerprint density at radius 2 is 1.56 bits per heavy atom. The maximum atomic E-state index is 13.1. The second-order valence-corrected chi connectivity index (χ2v) is 7.97. The number of hydrogen-bond acceptors (Lipinski definition) is 2. The Morgan fingerprint density at radius 3 is 2.26 bits per heavy atom. The van der Waals surface area contributed by atoms with E-state index in [0.717, 1.165) is 29.3 Å². The van der Waals surface area contributed by atoms with Crippen LogP contribution in [0.4, 0.5) is 5.69 Å². The molecule has 2 fully saturated rings. The van der Waals surface area contributed by atoms with Gasteiger partial charge in [0.1, 0.15) is 0 Å². The first-order chi connectivity index (χ1) is 13.2. The molecule has 4 atom stereocenters. The Kier molecular flexibility index (Phi) is 2.87. The van der Waals surface area contributed by atoms with Crippen LogP contribution < -0.4 is 4.90 Å². The lowest BCUT2D eigenvalue weighted by atomic mass is 9.85. The van der Waals surface area contributed by atoms with Crippen LogP contribution in [0.25, 0.3) is 21.8 Å². The number of rotatable bonds is 2. The van der Waals surface area contributed by atoms with E-state index in [1.807, 2.05) is 24.3 Å². The molecule has 2 amide bonds. The molecule has 1 aliphatic heterocycles. The molecule has 0 spiro atoms. The minimum Gasteiger partial charge on any atom is -0.341 e. The summed E-state index contributed by atoms with van der Waals surface area (Å²) in [6.45, 7) is 3.02. The molecule has 1 aromatic heterocycles. The third kappa shape index (κ3) is 1.78. The zero-order valence-corrected chi connectivity index (χ0v) is 15.1. The van der Waals surface area contributed by atoms with Gasteiger partial charge in [-0.2, -0.15) is 0 Å². The second-order valence-electron chi connectivity index (χ2n) is 7.97. The summed E-state index contributed by atoms with van der Waals surface area (Å²) < 4.78 is 2.28. The number of carbonyl (C=O) groups is 2. The summed E-state index contributed by atoms with van der Waals surface area (Å²) in [6.07, 6.45) is 5.24. The molecule has 3 aromatic rings. The predicted molar refractivity (Wildman–Crippen MR) is 105 cm³/mol. The highest BCUT2D eigenvalue weighted by atomic mass is 16.2. The number of anilines is 1. The van der Waals surface area contributed by atoms with Crippen LogP contribution in [0, 0.1) is 23.7 Å². The molecule has 1 saturated heterocycles. The molecule has 1 saturated carbocycles. The molecule has 0 unspecified atom stereocenters. The number of imide groups is 1. The van der Waals surface area contributed by atoms with Crippen LogP contribution in [0.15, 0.2) is 54.6 Å². The third-order valence-electron chi connectivity index (χ3n) is 6.80. The van der Waals surface area contributed by atoms with Gasteiger partial charge in [0.05, 0.1) is 17.5 Å². The van der Waals surface area contributed by atoms with Gasteiger partial charge in [0, 0.05) is 28.4 Å². The molecule has 2 aromatic carbocycles. The van der Waals surface area contributed by atoms with E-state index >= 15 is 0 Å². The minimum atomic E-state index is -0.153. The Balaban J connectivity index is 1.52. The standard InChI is InChI=1S/C23H20N2O2/c1-2-24-18-6-4-3-5-16(18)17-12-15(9-10-19(17)24)25-22(26)20-13-7-8-14(11-13)21(20)23(25)27/h3-10,12-14,20-21H,2,11H2,1H3/t13-,14-,20+,21+/m1/s1. The molecular weight excluding hydrogens is 336 g/mol. The number of aryl methyl sites for hydroxylation is 1. The summed E-state index contributed by atoms with van der Waals surface area (Å²) >= 11 is 0. The van der Waals surface area contributed by atoms with Crippen molar-refractivity contribution in [1.82, 2.24) is 4.57 Å². The fourth-order valence-corrected chi connectivity index (χ4v) is 5.68. The van der Waals surface area contributed by atoms with Crippen molar-refractivity contribution in [1.29, 1.82) is 0 Å². The summed E-state index contributed by atoms with van der Waals surface area (Å²) in [5.41, 5.74) is 3.04. The number of carbonyl (C=O) groups excluding carboxylic acids is 2. The van der Waals surface area contributed by atoms with Crippen molar-refractivity contribution in [2.45, 2.75) is 19.9 Å². The Labute approximate surface area is 157 Å². The van der Waals surface area contributed by atoms with Gasteiger partial charge in [-0.05, 0) is 49.4 Å². The van der Waals surface area contributed by atoms with Crippen molar-refractivity contribution >= 4 is 39.3 Å². The number of para-hydroxylation sites is 1. The topological polar surface area (TPSA) is 42.3 Å². The number of benzene rings is 2. The average molecular weight is 356 g/mol. The quantitative estimate of drug-likeness (QED) is 0.512. The van der Waals surface area contributed by atoms with Gasteiger partial charge in [0.15, 0.2) is 0 Å². The number of hydrogen-bond donors (Lipinski definition) is 0. The van der Waals surface area contributed by atoms with E-state index in [0.29, 0.717) is 5.69 Å². The van der Waals surface area contributed by atoms with Crippen molar-refractivity contribution in [3.63, 3.8) is 0 Å². The van der Waals surface area contributed by atoms with E-state index in [9.17, 15) is 9.59 Å². The van der Waals surface area contributed by atoms with Gasteiger partial charge in [0.2, 0.25) is 11.8 Å². The van der Waals surface area contributed by atoms with Gasteiger partial charge in [-0.3, -0.25) is 9.59 Å². The van der Waals surface area contributed by atoms with Crippen LogP contribution in [-0.2, 0) is 16.1 Å². The summed E-state index contributed by atoms with van der Waals surface area (Å²) in [4.78, 5) is 27.7. The lowest BCUT2D eigenvalue weighted by Gasteiger charge is -2.17. The van der Waals surface area contributed by atoms with Crippen LogP contribution >= 0.6 is 0 Å². The SMILES string of the molecule is CCn1c2ccccc2c2cc(N3C(=O)[C@@H]4[C@@H](C3=O)[C@@H]3C=C[C@@H]4C3)ccc21. The normalized spacial score (nSPS) is 28.9. The minimum absolute atomic E-state index is 0.0135. The molecule has 6 rings (SSSR count). The summed E-state index contributed by atoms with van der Waals surface area (Å²) in [5.74, 6) is 0.153. The van der Waals surface area contributed by atoms with Crippen LogP contribution in [0.1, 0.15) is 13.3 Å². The third-order valence-corrected chi connectivity index (χ3v) is 6.80. The largest absolute Gasteiger partial charge is 0.341 e. The average Bonchev–Trinajstić information content (AvgIpc) is 3.43. The summed E-state index contributed by atoms with van der Waals surface area (Å²) in [7, 11) is 0. The highest BCUT2D eigenvalue weighted by Crippen LogP contribution is 2.53. The molecular formula is C23H20N2O2. The van der Waals surface area contributed by atoms with E-state index in [2.05, 4.69) is 41.8 Å². The van der Waals surface area contributed by atoms with E-state index in [1.54, 1.807) is 0 Å². The first-order valence-electron chi connectivity index (χ1n) is 9.76. The molecule has 134 valence electrons. The van der Waals surface area contributed by atoms with Crippen molar-refractivity contribution < 1.29 is 9.59 Å². The molecule has 2 heterocycles. The first kappa shape index (κ1) is 15.2. The van der Waals surface area contributed by atoms with Crippen LogP contribution in [0.2, 0.25) is 0 Å². The van der Waals surface area contributed by atoms with E-state index in [-0.39, 0.29) is 35.5 Å². The zero-order chi connectivity index (χ0) is 18.3. The van der Waals surface area contributed by atoms with Gasteiger partial charge in [0.25, 0.3) is 0 Å². The molecule has 4 heteroatoms. The zero-order valence-electron chi connectivity index (χ0n) is 15.1. The fourth-order valence-electron chi connectivity index (χ4n) is 5.68. The van der Waals surface area contributed by atoms with E-state index in [1.165, 1.54) is 10.4 Å². The smallest absolute Gasteiger partial charge is 0.238 e. The Morgan fingerprint density at radius 1 is 0.889 bits per heavy atom. The number of allylic oxidation sites excluding steroid dienone is 2. The van der Waals surface area contributed by atoms with E-state index < -0.39 is 0 Å². The van der Waals surface area contributed by atoms with Crippen molar-refractivity contribution in [2.75, 3.05) is 4.90 Å². The highest BCUT2D eigenvalue weighted by molar-refractivity contribution is 6.23. The molecule has 0 radical (unpaired) electrons. The maximum Gasteiger partial charge on any atom is 0.238 e. The number of amides is 2. The maximum absolute atomic E-state index is 13.1. The molecule has 2 aliphatic carbocycles. The van der Waals surface area contributed by atoms with Gasteiger partial charge in [-0.1, -0.05) is 30.4 Å².